The molecule has 2 aromatic rings. The lowest BCUT2D eigenvalue weighted by Gasteiger charge is -2.07. The van der Waals surface area contributed by atoms with Crippen LogP contribution in [-0.4, -0.2) is 26.3 Å². The molecule has 5 nitrogen and oxygen atoms in total. The normalized spacial score (nSPS) is 10.5. The quantitative estimate of drug-likeness (QED) is 0.656. The van der Waals surface area contributed by atoms with Gasteiger partial charge in [0.25, 0.3) is 5.91 Å². The molecule has 0 atom stereocenters. The Hall–Kier alpha value is -2.34. The zero-order valence-electron chi connectivity index (χ0n) is 12.2. The van der Waals surface area contributed by atoms with Crippen LogP contribution in [0.4, 0.5) is 0 Å². The minimum atomic E-state index is -0.300. The molecule has 0 saturated heterocycles. The van der Waals surface area contributed by atoms with Crippen LogP contribution >= 0.6 is 15.9 Å². The van der Waals surface area contributed by atoms with E-state index >= 15 is 0 Å². The van der Waals surface area contributed by atoms with E-state index in [1.165, 1.54) is 6.21 Å². The zero-order valence-corrected chi connectivity index (χ0v) is 13.8. The van der Waals surface area contributed by atoms with Crippen LogP contribution in [-0.2, 0) is 0 Å². The van der Waals surface area contributed by atoms with E-state index in [1.54, 1.807) is 50.6 Å². The van der Waals surface area contributed by atoms with E-state index in [-0.39, 0.29) is 5.91 Å². The van der Waals surface area contributed by atoms with Gasteiger partial charge in [-0.3, -0.25) is 4.79 Å². The predicted molar refractivity (Wildman–Crippen MR) is 88.7 cm³/mol. The van der Waals surface area contributed by atoms with E-state index in [0.717, 1.165) is 0 Å². The lowest BCUT2D eigenvalue weighted by molar-refractivity contribution is 0.0954. The van der Waals surface area contributed by atoms with E-state index in [9.17, 15) is 4.79 Å². The number of halogens is 1. The van der Waals surface area contributed by atoms with Gasteiger partial charge in [-0.25, -0.2) is 5.43 Å². The van der Waals surface area contributed by atoms with Crippen molar-refractivity contribution in [2.75, 3.05) is 14.2 Å². The van der Waals surface area contributed by atoms with Crippen LogP contribution in [0.1, 0.15) is 15.9 Å². The molecule has 0 spiro atoms. The lowest BCUT2D eigenvalue weighted by atomic mass is 10.2. The maximum Gasteiger partial charge on any atom is 0.272 e. The van der Waals surface area contributed by atoms with Crippen LogP contribution in [0.2, 0.25) is 0 Å². The zero-order chi connectivity index (χ0) is 15.9. The van der Waals surface area contributed by atoms with Gasteiger partial charge in [-0.1, -0.05) is 12.1 Å². The molecule has 1 amide bonds. The molecule has 0 bridgehead atoms. The first-order chi connectivity index (χ1) is 10.7. The van der Waals surface area contributed by atoms with Crippen LogP contribution in [0.25, 0.3) is 0 Å². The highest BCUT2D eigenvalue weighted by Gasteiger charge is 2.08. The highest BCUT2D eigenvalue weighted by Crippen LogP contribution is 2.22. The summed E-state index contributed by atoms with van der Waals surface area (Å²) in [5.74, 6) is 1.02. The number of carbonyl (C=O) groups is 1. The monoisotopic (exact) mass is 362 g/mol. The molecule has 0 aromatic heterocycles. The number of hydrazone groups is 1. The van der Waals surface area contributed by atoms with Gasteiger partial charge >= 0.3 is 0 Å². The minimum absolute atomic E-state index is 0.300. The van der Waals surface area contributed by atoms with Crippen molar-refractivity contribution >= 4 is 28.1 Å². The van der Waals surface area contributed by atoms with E-state index in [2.05, 4.69) is 26.5 Å². The standard InChI is InChI=1S/C16H15BrN2O3/c1-21-12-7-8-15(22-2)11(9-12)10-18-19-16(20)13-5-3-4-6-14(13)17/h3-10H,1-2H3,(H,19,20)/b18-10+. The number of nitrogens with zero attached hydrogens (tertiary/aromatic N) is 1. The van der Waals surface area contributed by atoms with Gasteiger partial charge in [0.2, 0.25) is 0 Å². The molecule has 0 aliphatic rings. The number of amides is 1. The summed E-state index contributed by atoms with van der Waals surface area (Å²) in [5.41, 5.74) is 3.70. The van der Waals surface area contributed by atoms with Gasteiger partial charge < -0.3 is 9.47 Å². The summed E-state index contributed by atoms with van der Waals surface area (Å²) in [6.07, 6.45) is 1.51. The first-order valence-corrected chi connectivity index (χ1v) is 7.25. The highest BCUT2D eigenvalue weighted by molar-refractivity contribution is 9.10. The summed E-state index contributed by atoms with van der Waals surface area (Å²) >= 11 is 3.33. The molecule has 0 unspecified atom stereocenters. The van der Waals surface area contributed by atoms with Crippen LogP contribution in [0.3, 0.4) is 0 Å². The molecule has 0 radical (unpaired) electrons. The van der Waals surface area contributed by atoms with Gasteiger partial charge in [-0.2, -0.15) is 5.10 Å². The maximum atomic E-state index is 12.0. The van der Waals surface area contributed by atoms with Crippen LogP contribution in [0.15, 0.2) is 52.0 Å². The second kappa shape index (κ2) is 7.61. The number of rotatable bonds is 5. The summed E-state index contributed by atoms with van der Waals surface area (Å²) in [4.78, 5) is 12.0. The second-order valence-corrected chi connectivity index (χ2v) is 5.14. The van der Waals surface area contributed by atoms with Gasteiger partial charge in [-0.05, 0) is 46.3 Å². The van der Waals surface area contributed by atoms with Gasteiger partial charge in [0, 0.05) is 10.0 Å². The Morgan fingerprint density at radius 1 is 1.18 bits per heavy atom. The predicted octanol–water partition coefficient (Wildman–Crippen LogP) is 3.23. The van der Waals surface area contributed by atoms with Crippen molar-refractivity contribution in [2.45, 2.75) is 0 Å². The Bertz CT molecular complexity index is 702. The van der Waals surface area contributed by atoms with Crippen molar-refractivity contribution in [3.8, 4) is 11.5 Å². The van der Waals surface area contributed by atoms with Crippen LogP contribution in [0.5, 0.6) is 11.5 Å². The van der Waals surface area contributed by atoms with Gasteiger partial charge in [0.1, 0.15) is 11.5 Å². The third-order valence-electron chi connectivity index (χ3n) is 2.93. The van der Waals surface area contributed by atoms with Crippen molar-refractivity contribution in [3.05, 3.63) is 58.1 Å². The molecule has 2 rings (SSSR count). The molecular weight excluding hydrogens is 348 g/mol. The molecule has 0 aliphatic heterocycles. The van der Waals surface area contributed by atoms with Crippen molar-refractivity contribution in [1.29, 1.82) is 0 Å². The first kappa shape index (κ1) is 16.0. The topological polar surface area (TPSA) is 59.9 Å². The average molecular weight is 363 g/mol. The maximum absolute atomic E-state index is 12.0. The molecule has 22 heavy (non-hydrogen) atoms. The number of ether oxygens (including phenoxy) is 2. The lowest BCUT2D eigenvalue weighted by Crippen LogP contribution is -2.18. The van der Waals surface area contributed by atoms with Gasteiger partial charge in [0.05, 0.1) is 26.0 Å². The molecule has 6 heteroatoms. The Balaban J connectivity index is 2.12. The Morgan fingerprint density at radius 3 is 2.64 bits per heavy atom. The summed E-state index contributed by atoms with van der Waals surface area (Å²) in [5, 5.41) is 3.96. The fourth-order valence-corrected chi connectivity index (χ4v) is 2.27. The SMILES string of the molecule is COc1ccc(OC)c(/C=N/NC(=O)c2ccccc2Br)c1. The third kappa shape index (κ3) is 3.85. The Morgan fingerprint density at radius 2 is 1.95 bits per heavy atom. The molecule has 0 aliphatic carbocycles. The van der Waals surface area contributed by atoms with E-state index in [0.29, 0.717) is 27.1 Å². The summed E-state index contributed by atoms with van der Waals surface area (Å²) in [7, 11) is 3.15. The third-order valence-corrected chi connectivity index (χ3v) is 3.62. The Labute approximate surface area is 137 Å². The van der Waals surface area contributed by atoms with E-state index in [4.69, 9.17) is 9.47 Å². The van der Waals surface area contributed by atoms with Gasteiger partial charge in [0.15, 0.2) is 0 Å². The summed E-state index contributed by atoms with van der Waals surface area (Å²) in [6.45, 7) is 0. The Kier molecular flexibility index (Phi) is 5.55. The molecule has 0 heterocycles. The largest absolute Gasteiger partial charge is 0.497 e. The van der Waals surface area contributed by atoms with E-state index in [1.807, 2.05) is 6.07 Å². The molecule has 0 saturated carbocycles. The number of methoxy groups -OCH3 is 2. The van der Waals surface area contributed by atoms with Crippen LogP contribution < -0.4 is 14.9 Å². The second-order valence-electron chi connectivity index (χ2n) is 4.29. The van der Waals surface area contributed by atoms with Crippen molar-refractivity contribution < 1.29 is 14.3 Å². The molecule has 0 fully saturated rings. The minimum Gasteiger partial charge on any atom is -0.497 e. The molecule has 2 aromatic carbocycles. The number of hydrogen-bond acceptors (Lipinski definition) is 4. The first-order valence-electron chi connectivity index (χ1n) is 6.45. The highest BCUT2D eigenvalue weighted by atomic mass is 79.9. The van der Waals surface area contributed by atoms with Gasteiger partial charge in [-0.15, -0.1) is 0 Å². The van der Waals surface area contributed by atoms with Crippen molar-refractivity contribution in [2.24, 2.45) is 5.10 Å². The molecule has 114 valence electrons. The average Bonchev–Trinajstić information content (AvgIpc) is 2.55. The summed E-state index contributed by atoms with van der Waals surface area (Å²) in [6, 6.07) is 12.5. The number of carbonyl (C=O) groups excluding carboxylic acids is 1. The molecular formula is C16H15BrN2O3. The molecule has 1 N–H and O–H groups in total. The fourth-order valence-electron chi connectivity index (χ4n) is 1.81. The smallest absolute Gasteiger partial charge is 0.272 e. The summed E-state index contributed by atoms with van der Waals surface area (Å²) < 4.78 is 11.1. The van der Waals surface area contributed by atoms with Crippen LogP contribution in [0, 0.1) is 0 Å². The number of nitrogens with one attached hydrogen (secondary N) is 1. The number of benzene rings is 2. The van der Waals surface area contributed by atoms with Crippen molar-refractivity contribution in [3.63, 3.8) is 0 Å². The van der Waals surface area contributed by atoms with Crippen molar-refractivity contribution in [1.82, 2.24) is 5.43 Å². The number of hydrogen-bond donors (Lipinski definition) is 1. The fraction of sp³-hybridized carbons (Fsp3) is 0.125. The van der Waals surface area contributed by atoms with E-state index < -0.39 is 0 Å².